The van der Waals surface area contributed by atoms with Gasteiger partial charge in [0.05, 0.1) is 10.7 Å². The molecule has 0 saturated heterocycles. The number of aryl methyl sites for hydroxylation is 1. The normalized spacial score (nSPS) is 11.2. The van der Waals surface area contributed by atoms with Crippen LogP contribution < -0.4 is 5.32 Å². The van der Waals surface area contributed by atoms with Crippen molar-refractivity contribution in [2.75, 3.05) is 5.32 Å². The van der Waals surface area contributed by atoms with E-state index in [1.165, 1.54) is 0 Å². The van der Waals surface area contributed by atoms with Crippen molar-refractivity contribution in [3.05, 3.63) is 52.5 Å². The van der Waals surface area contributed by atoms with Gasteiger partial charge in [-0.1, -0.05) is 31.5 Å². The minimum absolute atomic E-state index is 0.00489. The highest BCUT2D eigenvalue weighted by Gasteiger charge is 2.07. The fourth-order valence-corrected chi connectivity index (χ4v) is 2.24. The number of hydrogen-bond acceptors (Lipinski definition) is 3. The summed E-state index contributed by atoms with van der Waals surface area (Å²) in [6, 6.07) is 10.7. The van der Waals surface area contributed by atoms with E-state index < -0.39 is 0 Å². The van der Waals surface area contributed by atoms with Gasteiger partial charge in [-0.2, -0.15) is 0 Å². The number of halogens is 1. The largest absolute Gasteiger partial charge is 0.506 e. The van der Waals surface area contributed by atoms with Crippen molar-refractivity contribution in [2.45, 2.75) is 20.8 Å². The van der Waals surface area contributed by atoms with Crippen molar-refractivity contribution in [1.82, 2.24) is 0 Å². The highest BCUT2D eigenvalue weighted by atomic mass is 35.5. The number of carbonyl (C=O) groups is 1. The summed E-state index contributed by atoms with van der Waals surface area (Å²) in [7, 11) is 0. The Hall–Kier alpha value is -2.33. The second kappa shape index (κ2) is 7.29. The number of anilines is 1. The molecule has 0 unspecified atom stereocenters. The molecule has 0 aliphatic carbocycles. The average molecular weight is 331 g/mol. The van der Waals surface area contributed by atoms with Gasteiger partial charge < -0.3 is 10.4 Å². The molecule has 0 saturated carbocycles. The molecule has 2 aromatic rings. The zero-order chi connectivity index (χ0) is 17.0. The van der Waals surface area contributed by atoms with Crippen LogP contribution in [0.1, 0.15) is 25.0 Å². The second-order valence-corrected chi connectivity index (χ2v) is 6.04. The summed E-state index contributed by atoms with van der Waals surface area (Å²) in [4.78, 5) is 16.1. The maximum absolute atomic E-state index is 11.7. The van der Waals surface area contributed by atoms with E-state index in [-0.39, 0.29) is 17.6 Å². The van der Waals surface area contributed by atoms with Crippen LogP contribution in [0.15, 0.2) is 41.4 Å². The monoisotopic (exact) mass is 330 g/mol. The van der Waals surface area contributed by atoms with Gasteiger partial charge in [-0.25, -0.2) is 0 Å². The lowest BCUT2D eigenvalue weighted by Crippen LogP contribution is -2.17. The van der Waals surface area contributed by atoms with Crippen LogP contribution in [-0.2, 0) is 4.79 Å². The Bertz CT molecular complexity index is 755. The third-order valence-corrected chi connectivity index (χ3v) is 3.52. The van der Waals surface area contributed by atoms with Gasteiger partial charge in [0.2, 0.25) is 5.91 Å². The highest BCUT2D eigenvalue weighted by molar-refractivity contribution is 6.32. The number of aliphatic imine (C=N–C) groups is 1. The smallest absolute Gasteiger partial charge is 0.226 e. The molecule has 120 valence electrons. The minimum atomic E-state index is -0.0893. The predicted octanol–water partition coefficient (Wildman–Crippen LogP) is 4.70. The van der Waals surface area contributed by atoms with Gasteiger partial charge in [0.15, 0.2) is 0 Å². The molecule has 0 radical (unpaired) electrons. The summed E-state index contributed by atoms with van der Waals surface area (Å²) in [5.74, 6) is -0.131. The van der Waals surface area contributed by atoms with E-state index in [1.54, 1.807) is 30.5 Å². The van der Waals surface area contributed by atoms with E-state index in [9.17, 15) is 9.90 Å². The van der Waals surface area contributed by atoms with Crippen LogP contribution in [-0.4, -0.2) is 17.2 Å². The van der Waals surface area contributed by atoms with Crippen LogP contribution in [0.5, 0.6) is 5.75 Å². The number of phenolic OH excluding ortho intramolecular Hbond substituents is 1. The van der Waals surface area contributed by atoms with Gasteiger partial charge in [-0.05, 0) is 42.8 Å². The number of rotatable bonds is 4. The quantitative estimate of drug-likeness (QED) is 0.798. The number of amides is 1. The molecule has 2 rings (SSSR count). The predicted molar refractivity (Wildman–Crippen MR) is 95.0 cm³/mol. The van der Waals surface area contributed by atoms with E-state index in [2.05, 4.69) is 10.3 Å². The molecular formula is C18H19ClN2O2. The first kappa shape index (κ1) is 17.0. The molecule has 0 fully saturated rings. The summed E-state index contributed by atoms with van der Waals surface area (Å²) in [6.45, 7) is 5.56. The average Bonchev–Trinajstić information content (AvgIpc) is 2.49. The maximum Gasteiger partial charge on any atom is 0.226 e. The maximum atomic E-state index is 11.7. The fraction of sp³-hybridized carbons (Fsp3) is 0.222. The van der Waals surface area contributed by atoms with Crippen LogP contribution in [0.25, 0.3) is 0 Å². The molecule has 0 aliphatic heterocycles. The van der Waals surface area contributed by atoms with Crippen LogP contribution in [0.2, 0.25) is 5.02 Å². The van der Waals surface area contributed by atoms with Gasteiger partial charge in [0, 0.05) is 23.4 Å². The minimum Gasteiger partial charge on any atom is -0.506 e. The Morgan fingerprint density at radius 1 is 1.30 bits per heavy atom. The molecule has 1 amide bonds. The van der Waals surface area contributed by atoms with Crippen LogP contribution >= 0.6 is 11.6 Å². The van der Waals surface area contributed by atoms with Crippen molar-refractivity contribution in [1.29, 1.82) is 0 Å². The molecule has 0 aromatic heterocycles. The number of hydrogen-bond donors (Lipinski definition) is 2. The van der Waals surface area contributed by atoms with Crippen molar-refractivity contribution < 1.29 is 9.90 Å². The van der Waals surface area contributed by atoms with Crippen LogP contribution in [0.4, 0.5) is 11.4 Å². The van der Waals surface area contributed by atoms with Crippen LogP contribution in [0.3, 0.4) is 0 Å². The lowest BCUT2D eigenvalue weighted by Gasteiger charge is -2.08. The molecule has 0 spiro atoms. The SMILES string of the molecule is Cc1cc(Cl)c(O)c(C=Nc2cccc(NC(=O)C(C)C)c2)c1. The summed E-state index contributed by atoms with van der Waals surface area (Å²) in [5.41, 5.74) is 2.84. The zero-order valence-electron chi connectivity index (χ0n) is 13.3. The van der Waals surface area contributed by atoms with E-state index >= 15 is 0 Å². The third-order valence-electron chi connectivity index (χ3n) is 3.23. The Morgan fingerprint density at radius 3 is 2.74 bits per heavy atom. The summed E-state index contributed by atoms with van der Waals surface area (Å²) in [5, 5.41) is 13.1. The fourth-order valence-electron chi connectivity index (χ4n) is 1.95. The van der Waals surface area contributed by atoms with Gasteiger partial charge in [0.25, 0.3) is 0 Å². The molecule has 0 heterocycles. The van der Waals surface area contributed by atoms with E-state index in [4.69, 9.17) is 11.6 Å². The second-order valence-electron chi connectivity index (χ2n) is 5.64. The highest BCUT2D eigenvalue weighted by Crippen LogP contribution is 2.28. The van der Waals surface area contributed by atoms with Crippen LogP contribution in [0, 0.1) is 12.8 Å². The summed E-state index contributed by atoms with van der Waals surface area (Å²) >= 11 is 5.95. The molecule has 2 N–H and O–H groups in total. The molecule has 0 aliphatic rings. The van der Waals surface area contributed by atoms with Gasteiger partial charge in [-0.15, -0.1) is 0 Å². The third kappa shape index (κ3) is 4.57. The molecule has 2 aromatic carbocycles. The summed E-state index contributed by atoms with van der Waals surface area (Å²) in [6.07, 6.45) is 1.55. The first-order chi connectivity index (χ1) is 10.9. The number of carbonyl (C=O) groups excluding carboxylic acids is 1. The van der Waals surface area contributed by atoms with Crippen molar-refractivity contribution >= 4 is 35.1 Å². The first-order valence-electron chi connectivity index (χ1n) is 7.31. The molecule has 0 bridgehead atoms. The molecular weight excluding hydrogens is 312 g/mol. The van der Waals surface area contributed by atoms with E-state index in [0.29, 0.717) is 22.0 Å². The number of nitrogens with zero attached hydrogens (tertiary/aromatic N) is 1. The van der Waals surface area contributed by atoms with E-state index in [0.717, 1.165) is 5.56 Å². The number of phenols is 1. The Balaban J connectivity index is 2.22. The van der Waals surface area contributed by atoms with Crippen molar-refractivity contribution in [3.63, 3.8) is 0 Å². The Kier molecular flexibility index (Phi) is 5.40. The van der Waals surface area contributed by atoms with Gasteiger partial charge >= 0.3 is 0 Å². The Labute approximate surface area is 140 Å². The molecule has 23 heavy (non-hydrogen) atoms. The molecule has 4 nitrogen and oxygen atoms in total. The van der Waals surface area contributed by atoms with E-state index in [1.807, 2.05) is 32.9 Å². The lowest BCUT2D eigenvalue weighted by molar-refractivity contribution is -0.118. The van der Waals surface area contributed by atoms with Gasteiger partial charge in [-0.3, -0.25) is 9.79 Å². The zero-order valence-corrected chi connectivity index (χ0v) is 14.1. The summed E-state index contributed by atoms with van der Waals surface area (Å²) < 4.78 is 0. The Morgan fingerprint density at radius 2 is 2.04 bits per heavy atom. The molecule has 5 heteroatoms. The number of aromatic hydroxyl groups is 1. The standard InChI is InChI=1S/C18H19ClN2O2/c1-11(2)18(23)21-15-6-4-5-14(9-15)20-10-13-7-12(3)8-16(19)17(13)22/h4-11,22H,1-3H3,(H,21,23). The van der Waals surface area contributed by atoms with Crippen molar-refractivity contribution in [2.24, 2.45) is 10.9 Å². The topological polar surface area (TPSA) is 61.7 Å². The number of benzene rings is 2. The first-order valence-corrected chi connectivity index (χ1v) is 7.68. The van der Waals surface area contributed by atoms with Crippen molar-refractivity contribution in [3.8, 4) is 5.75 Å². The number of nitrogens with one attached hydrogen (secondary N) is 1. The molecule has 0 atom stereocenters. The lowest BCUT2D eigenvalue weighted by atomic mass is 10.1. The van der Waals surface area contributed by atoms with Gasteiger partial charge in [0.1, 0.15) is 5.75 Å².